The van der Waals surface area contributed by atoms with E-state index in [9.17, 15) is 10.2 Å². The average molecular weight is 256 g/mol. The third kappa shape index (κ3) is 2.60. The van der Waals surface area contributed by atoms with Crippen LogP contribution in [0.1, 0.15) is 12.0 Å². The van der Waals surface area contributed by atoms with E-state index in [0.717, 1.165) is 11.3 Å². The Morgan fingerprint density at radius 1 is 1.29 bits per heavy atom. The predicted octanol–water partition coefficient (Wildman–Crippen LogP) is 1.38. The lowest BCUT2D eigenvalue weighted by Gasteiger charge is -2.20. The maximum absolute atomic E-state index is 9.17. The lowest BCUT2D eigenvalue weighted by molar-refractivity contribution is -0.0878. The average Bonchev–Trinajstić information content (AvgIpc) is 2.76. The maximum atomic E-state index is 9.17. The van der Waals surface area contributed by atoms with Crippen molar-refractivity contribution in [2.75, 3.05) is 13.2 Å². The van der Waals surface area contributed by atoms with Crippen LogP contribution in [0.2, 0.25) is 5.02 Å². The highest BCUT2D eigenvalue weighted by atomic mass is 35.5. The van der Waals surface area contributed by atoms with E-state index in [0.29, 0.717) is 17.9 Å². The van der Waals surface area contributed by atoms with Crippen LogP contribution in [0.3, 0.4) is 0 Å². The van der Waals surface area contributed by atoms with E-state index in [4.69, 9.17) is 16.4 Å². The van der Waals surface area contributed by atoms with Crippen molar-refractivity contribution in [1.29, 1.82) is 0 Å². The number of aliphatic hydroxyl groups is 2. The van der Waals surface area contributed by atoms with Crippen molar-refractivity contribution < 1.29 is 15.1 Å². The summed E-state index contributed by atoms with van der Waals surface area (Å²) in [5.74, 6) is 0. The van der Waals surface area contributed by atoms with Crippen molar-refractivity contribution in [2.45, 2.75) is 18.4 Å². The second kappa shape index (κ2) is 5.04. The molecule has 2 rings (SSSR count). The molecule has 1 aromatic carbocycles. The van der Waals surface area contributed by atoms with E-state index in [-0.39, 0.29) is 13.2 Å². The van der Waals surface area contributed by atoms with Crippen LogP contribution in [0.5, 0.6) is 0 Å². The summed E-state index contributed by atoms with van der Waals surface area (Å²) < 4.78 is 0. The highest BCUT2D eigenvalue weighted by Crippen LogP contribution is 2.26. The third-order valence-electron chi connectivity index (χ3n) is 2.82. The van der Waals surface area contributed by atoms with Gasteiger partial charge in [0.15, 0.2) is 5.60 Å². The molecule has 1 aromatic rings. The number of halogens is 1. The van der Waals surface area contributed by atoms with Crippen molar-refractivity contribution in [3.63, 3.8) is 0 Å². The summed E-state index contributed by atoms with van der Waals surface area (Å²) in [6.07, 6.45) is 0.993. The second-order valence-corrected chi connectivity index (χ2v) is 4.60. The van der Waals surface area contributed by atoms with Gasteiger partial charge in [-0.3, -0.25) is 0 Å². The SMILES string of the molecule is OCC1(CO)CC(Cc2ccccc2Cl)=NO1. The molecule has 2 N–H and O–H groups in total. The summed E-state index contributed by atoms with van der Waals surface area (Å²) in [6.45, 7) is -0.502. The van der Waals surface area contributed by atoms with Crippen LogP contribution in [0.4, 0.5) is 0 Å². The van der Waals surface area contributed by atoms with Gasteiger partial charge in [0, 0.05) is 17.9 Å². The molecular weight excluding hydrogens is 242 g/mol. The van der Waals surface area contributed by atoms with Crippen LogP contribution in [-0.4, -0.2) is 34.7 Å². The van der Waals surface area contributed by atoms with Crippen LogP contribution >= 0.6 is 11.6 Å². The fraction of sp³-hybridized carbons (Fsp3) is 0.417. The van der Waals surface area contributed by atoms with Crippen LogP contribution in [-0.2, 0) is 11.3 Å². The summed E-state index contributed by atoms with van der Waals surface area (Å²) in [5.41, 5.74) is 0.778. The van der Waals surface area contributed by atoms with Crippen LogP contribution in [0, 0.1) is 0 Å². The monoisotopic (exact) mass is 255 g/mol. The normalized spacial score (nSPS) is 17.7. The van der Waals surface area contributed by atoms with E-state index in [1.165, 1.54) is 0 Å². The predicted molar refractivity (Wildman–Crippen MR) is 65.2 cm³/mol. The Bertz CT molecular complexity index is 430. The molecule has 0 atom stereocenters. The van der Waals surface area contributed by atoms with Crippen molar-refractivity contribution in [1.82, 2.24) is 0 Å². The van der Waals surface area contributed by atoms with Gasteiger partial charge in [-0.05, 0) is 11.6 Å². The molecule has 0 saturated carbocycles. The van der Waals surface area contributed by atoms with Crippen molar-refractivity contribution in [3.05, 3.63) is 34.9 Å². The van der Waals surface area contributed by atoms with Gasteiger partial charge in [-0.25, -0.2) is 0 Å². The second-order valence-electron chi connectivity index (χ2n) is 4.19. The fourth-order valence-corrected chi connectivity index (χ4v) is 1.98. The highest BCUT2D eigenvalue weighted by Gasteiger charge is 2.38. The van der Waals surface area contributed by atoms with Gasteiger partial charge in [-0.15, -0.1) is 0 Å². The minimum absolute atomic E-state index is 0.251. The largest absolute Gasteiger partial charge is 0.392 e. The zero-order valence-electron chi connectivity index (χ0n) is 9.27. The van der Waals surface area contributed by atoms with Crippen LogP contribution in [0.15, 0.2) is 29.4 Å². The first-order valence-corrected chi connectivity index (χ1v) is 5.76. The minimum atomic E-state index is -0.962. The standard InChI is InChI=1S/C12H14ClNO3/c13-11-4-2-1-3-9(11)5-10-6-12(7-15,8-16)17-14-10/h1-4,15-16H,5-8H2. The van der Waals surface area contributed by atoms with Gasteiger partial charge in [0.1, 0.15) is 0 Å². The number of nitrogens with zero attached hydrogens (tertiary/aromatic N) is 1. The number of aliphatic hydroxyl groups excluding tert-OH is 2. The summed E-state index contributed by atoms with van der Waals surface area (Å²) >= 11 is 6.05. The molecule has 1 aliphatic rings. The Hall–Kier alpha value is -1.10. The molecule has 0 aliphatic carbocycles. The van der Waals surface area contributed by atoms with Gasteiger partial charge in [-0.1, -0.05) is 35.0 Å². The molecule has 0 radical (unpaired) electrons. The first kappa shape index (κ1) is 12.4. The molecule has 0 fully saturated rings. The first-order valence-electron chi connectivity index (χ1n) is 5.38. The number of oxime groups is 1. The molecule has 4 nitrogen and oxygen atoms in total. The molecule has 0 unspecified atom stereocenters. The van der Waals surface area contributed by atoms with E-state index >= 15 is 0 Å². The summed E-state index contributed by atoms with van der Waals surface area (Å²) in [4.78, 5) is 5.11. The fourth-order valence-electron chi connectivity index (χ4n) is 1.77. The Kier molecular flexibility index (Phi) is 3.66. The first-order chi connectivity index (χ1) is 8.19. The van der Waals surface area contributed by atoms with Gasteiger partial charge in [0.25, 0.3) is 0 Å². The van der Waals surface area contributed by atoms with Gasteiger partial charge in [0.2, 0.25) is 0 Å². The smallest absolute Gasteiger partial charge is 0.188 e. The van der Waals surface area contributed by atoms with E-state index in [1.807, 2.05) is 24.3 Å². The number of hydrogen-bond donors (Lipinski definition) is 2. The summed E-state index contributed by atoms with van der Waals surface area (Å²) in [5, 5.41) is 22.9. The summed E-state index contributed by atoms with van der Waals surface area (Å²) in [6, 6.07) is 7.51. The Morgan fingerprint density at radius 2 is 2.00 bits per heavy atom. The number of rotatable bonds is 4. The van der Waals surface area contributed by atoms with Crippen LogP contribution < -0.4 is 0 Å². The van der Waals surface area contributed by atoms with Crippen molar-refractivity contribution in [2.24, 2.45) is 5.16 Å². The molecule has 0 bridgehead atoms. The zero-order chi connectivity index (χ0) is 12.3. The highest BCUT2D eigenvalue weighted by molar-refractivity contribution is 6.31. The Morgan fingerprint density at radius 3 is 2.59 bits per heavy atom. The number of benzene rings is 1. The van der Waals surface area contributed by atoms with Crippen molar-refractivity contribution >= 4 is 17.3 Å². The molecule has 0 spiro atoms. The third-order valence-corrected chi connectivity index (χ3v) is 3.19. The Balaban J connectivity index is 2.06. The van der Waals surface area contributed by atoms with Gasteiger partial charge >= 0.3 is 0 Å². The van der Waals surface area contributed by atoms with E-state index in [1.54, 1.807) is 0 Å². The molecule has 0 saturated heterocycles. The van der Waals surface area contributed by atoms with Crippen LogP contribution in [0.25, 0.3) is 0 Å². The zero-order valence-corrected chi connectivity index (χ0v) is 10.0. The maximum Gasteiger partial charge on any atom is 0.188 e. The van der Waals surface area contributed by atoms with Gasteiger partial charge in [-0.2, -0.15) is 0 Å². The molecule has 0 aromatic heterocycles. The molecular formula is C12H14ClNO3. The molecule has 0 amide bonds. The molecule has 1 heterocycles. The minimum Gasteiger partial charge on any atom is -0.392 e. The quantitative estimate of drug-likeness (QED) is 0.855. The molecule has 92 valence electrons. The van der Waals surface area contributed by atoms with E-state index < -0.39 is 5.60 Å². The van der Waals surface area contributed by atoms with Gasteiger partial charge in [0.05, 0.1) is 18.9 Å². The molecule has 5 heteroatoms. The lowest BCUT2D eigenvalue weighted by Crippen LogP contribution is -2.37. The van der Waals surface area contributed by atoms with Gasteiger partial charge < -0.3 is 15.1 Å². The lowest BCUT2D eigenvalue weighted by atomic mass is 9.96. The number of hydrogen-bond acceptors (Lipinski definition) is 4. The molecule has 1 aliphatic heterocycles. The molecule has 17 heavy (non-hydrogen) atoms. The topological polar surface area (TPSA) is 62.0 Å². The van der Waals surface area contributed by atoms with Crippen molar-refractivity contribution in [3.8, 4) is 0 Å². The Labute approximate surface area is 104 Å². The summed E-state index contributed by atoms with van der Waals surface area (Å²) in [7, 11) is 0. The van der Waals surface area contributed by atoms with E-state index in [2.05, 4.69) is 5.16 Å².